The van der Waals surface area contributed by atoms with Gasteiger partial charge in [-0.05, 0) is 109 Å². The van der Waals surface area contributed by atoms with Crippen molar-refractivity contribution in [1.82, 2.24) is 0 Å². The van der Waals surface area contributed by atoms with E-state index in [1.165, 1.54) is 13.0 Å². The van der Waals surface area contributed by atoms with Crippen LogP contribution in [0.15, 0.2) is 23.3 Å². The van der Waals surface area contributed by atoms with Crippen molar-refractivity contribution < 1.29 is 44.2 Å². The molecule has 0 spiro atoms. The summed E-state index contributed by atoms with van der Waals surface area (Å²) in [5.41, 5.74) is 0.272. The highest BCUT2D eigenvalue weighted by atomic mass is 16.7. The first-order valence-corrected chi connectivity index (χ1v) is 17.2. The first-order chi connectivity index (χ1) is 21.0. The van der Waals surface area contributed by atoms with Crippen LogP contribution in [-0.2, 0) is 23.8 Å². The number of esters is 1. The molecule has 0 amide bonds. The third kappa shape index (κ3) is 5.94. The van der Waals surface area contributed by atoms with Gasteiger partial charge in [0.1, 0.15) is 12.2 Å². The summed E-state index contributed by atoms with van der Waals surface area (Å²) in [6, 6.07) is 0. The van der Waals surface area contributed by atoms with E-state index >= 15 is 0 Å². The van der Waals surface area contributed by atoms with Crippen molar-refractivity contribution in [3.63, 3.8) is 0 Å². The number of carboxylic acid groups (broad SMARTS) is 1. The van der Waals surface area contributed by atoms with E-state index in [0.29, 0.717) is 36.7 Å². The highest BCUT2D eigenvalue weighted by molar-refractivity contribution is 5.88. The molecule has 0 saturated heterocycles. The monoisotopic (exact) mass is 632 g/mol. The SMILES string of the molecule is CC(=O)O[C@H]1C[C@@]2(C)[C@@H](CC(O)C3[C@@]4(C)CC[C@@H](O[C@@H]5C=C[C@H](O)[C@@H](O)O5)[C@@H](C)C4CC[C@@]32C)/C1=C(\CCCC(C)C)C(=O)O. The number of hydrogen-bond donors (Lipinski definition) is 4. The van der Waals surface area contributed by atoms with E-state index in [1.54, 1.807) is 6.08 Å². The van der Waals surface area contributed by atoms with Crippen LogP contribution < -0.4 is 0 Å². The van der Waals surface area contributed by atoms with E-state index in [2.05, 4.69) is 41.5 Å². The number of carboxylic acids is 1. The average molecular weight is 633 g/mol. The number of aliphatic carboxylic acids is 1. The van der Waals surface area contributed by atoms with Crippen molar-refractivity contribution in [2.75, 3.05) is 0 Å². The molecule has 0 aromatic heterocycles. The molecule has 1 heterocycles. The molecule has 0 bridgehead atoms. The van der Waals surface area contributed by atoms with Crippen LogP contribution >= 0.6 is 0 Å². The van der Waals surface area contributed by atoms with Crippen LogP contribution in [0.5, 0.6) is 0 Å². The van der Waals surface area contributed by atoms with Gasteiger partial charge in [-0.2, -0.15) is 0 Å². The Morgan fingerprint density at radius 3 is 2.40 bits per heavy atom. The van der Waals surface area contributed by atoms with Gasteiger partial charge in [-0.1, -0.05) is 54.0 Å². The van der Waals surface area contributed by atoms with Gasteiger partial charge in [0.05, 0.1) is 12.2 Å². The fourth-order valence-electron chi connectivity index (χ4n) is 11.0. The molecular formula is C36H56O9. The Morgan fingerprint density at radius 2 is 1.78 bits per heavy atom. The Kier molecular flexibility index (Phi) is 9.73. The maximum Gasteiger partial charge on any atom is 0.331 e. The normalized spacial score (nSPS) is 47.1. The molecule has 45 heavy (non-hydrogen) atoms. The van der Waals surface area contributed by atoms with Crippen LogP contribution in [0.2, 0.25) is 0 Å². The van der Waals surface area contributed by atoms with Crippen molar-refractivity contribution in [3.8, 4) is 0 Å². The van der Waals surface area contributed by atoms with E-state index in [4.69, 9.17) is 14.2 Å². The zero-order valence-electron chi connectivity index (χ0n) is 28.2. The number of hydrogen-bond acceptors (Lipinski definition) is 8. The summed E-state index contributed by atoms with van der Waals surface area (Å²) in [5, 5.41) is 42.4. The minimum absolute atomic E-state index is 0.0113. The van der Waals surface area contributed by atoms with Crippen LogP contribution in [-0.4, -0.2) is 69.4 Å². The minimum Gasteiger partial charge on any atom is -0.478 e. The Hall–Kier alpha value is -1.78. The smallest absolute Gasteiger partial charge is 0.331 e. The van der Waals surface area contributed by atoms with Crippen molar-refractivity contribution >= 4 is 11.9 Å². The molecule has 9 nitrogen and oxygen atoms in total. The molecule has 4 saturated carbocycles. The fourth-order valence-corrected chi connectivity index (χ4v) is 11.0. The molecule has 3 unspecified atom stereocenters. The number of aliphatic hydroxyl groups excluding tert-OH is 3. The summed E-state index contributed by atoms with van der Waals surface area (Å²) < 4.78 is 17.8. The number of fused-ring (bicyclic) bond motifs is 5. The lowest BCUT2D eigenvalue weighted by atomic mass is 9.36. The molecule has 13 atom stereocenters. The number of carbonyl (C=O) groups is 2. The summed E-state index contributed by atoms with van der Waals surface area (Å²) in [5.74, 6) is -0.614. The van der Waals surface area contributed by atoms with Crippen molar-refractivity contribution in [2.24, 2.45) is 45.8 Å². The van der Waals surface area contributed by atoms with Crippen LogP contribution in [0.4, 0.5) is 0 Å². The second-order valence-corrected chi connectivity index (χ2v) is 16.0. The van der Waals surface area contributed by atoms with Gasteiger partial charge < -0.3 is 34.6 Å². The predicted octanol–water partition coefficient (Wildman–Crippen LogP) is 5.36. The summed E-state index contributed by atoms with van der Waals surface area (Å²) in [7, 11) is 0. The van der Waals surface area contributed by atoms with E-state index in [-0.39, 0.29) is 40.1 Å². The number of carbonyl (C=O) groups excluding carboxylic acids is 1. The van der Waals surface area contributed by atoms with E-state index < -0.39 is 42.8 Å². The lowest BCUT2D eigenvalue weighted by Gasteiger charge is -2.69. The summed E-state index contributed by atoms with van der Waals surface area (Å²) >= 11 is 0. The molecule has 1 aliphatic heterocycles. The van der Waals surface area contributed by atoms with Crippen LogP contribution in [0.3, 0.4) is 0 Å². The Balaban J connectivity index is 1.46. The van der Waals surface area contributed by atoms with Gasteiger partial charge >= 0.3 is 11.9 Å². The second kappa shape index (κ2) is 12.7. The first kappa shape index (κ1) is 34.6. The quantitative estimate of drug-likeness (QED) is 0.158. The molecule has 0 aromatic carbocycles. The van der Waals surface area contributed by atoms with Gasteiger partial charge in [0.25, 0.3) is 0 Å². The van der Waals surface area contributed by atoms with Gasteiger partial charge in [-0.3, -0.25) is 4.79 Å². The first-order valence-electron chi connectivity index (χ1n) is 17.2. The van der Waals surface area contributed by atoms with Crippen molar-refractivity contribution in [2.45, 2.75) is 143 Å². The molecule has 5 rings (SSSR count). The third-order valence-electron chi connectivity index (χ3n) is 13.1. The highest BCUT2D eigenvalue weighted by Crippen LogP contribution is 2.74. The van der Waals surface area contributed by atoms with E-state index in [9.17, 15) is 30.0 Å². The molecule has 0 radical (unpaired) electrons. The predicted molar refractivity (Wildman–Crippen MR) is 167 cm³/mol. The Bertz CT molecular complexity index is 1190. The number of ether oxygens (including phenoxy) is 3. The molecule has 254 valence electrons. The third-order valence-corrected chi connectivity index (χ3v) is 13.1. The van der Waals surface area contributed by atoms with Crippen LogP contribution in [0, 0.1) is 45.8 Å². The second-order valence-electron chi connectivity index (χ2n) is 16.0. The molecule has 5 aliphatic rings. The molecule has 9 heteroatoms. The van der Waals surface area contributed by atoms with E-state index in [1.807, 2.05) is 0 Å². The standard InChI is InChI=1S/C36H56O9/c1-19(2)9-8-10-22(32(40)41)30-24-17-26(39)31-34(5)15-14-27(44-29-12-11-25(38)33(42)45-29)20(3)23(34)13-16-35(31,6)36(24,7)18-28(30)43-21(4)37/h11-12,19-20,23-29,31,33,38-39,42H,8-10,13-18H2,1-7H3,(H,40,41)/b30-22-/t20-,23?,24-,25-,26?,27+,28-,29-,31?,33-,34-,35-,36-/m0/s1. The van der Waals surface area contributed by atoms with Crippen molar-refractivity contribution in [3.05, 3.63) is 23.3 Å². The summed E-state index contributed by atoms with van der Waals surface area (Å²) in [4.78, 5) is 25.2. The minimum atomic E-state index is -1.32. The molecular weight excluding hydrogens is 576 g/mol. The zero-order chi connectivity index (χ0) is 33.1. The summed E-state index contributed by atoms with van der Waals surface area (Å²) in [6.07, 6.45) is 5.32. The van der Waals surface area contributed by atoms with Crippen molar-refractivity contribution in [1.29, 1.82) is 0 Å². The molecule has 4 aliphatic carbocycles. The topological polar surface area (TPSA) is 143 Å². The van der Waals surface area contributed by atoms with Gasteiger partial charge in [0.15, 0.2) is 12.6 Å². The van der Waals surface area contributed by atoms with Crippen LogP contribution in [0.1, 0.15) is 106 Å². The van der Waals surface area contributed by atoms with Gasteiger partial charge in [0.2, 0.25) is 0 Å². The Labute approximate surface area is 268 Å². The summed E-state index contributed by atoms with van der Waals surface area (Å²) in [6.45, 7) is 14.8. The maximum atomic E-state index is 12.8. The molecule has 4 fully saturated rings. The van der Waals surface area contributed by atoms with E-state index in [0.717, 1.165) is 44.1 Å². The Morgan fingerprint density at radius 1 is 1.07 bits per heavy atom. The highest BCUT2D eigenvalue weighted by Gasteiger charge is 2.71. The van der Waals surface area contributed by atoms with Crippen LogP contribution in [0.25, 0.3) is 0 Å². The lowest BCUT2D eigenvalue weighted by molar-refractivity contribution is -0.276. The zero-order valence-corrected chi connectivity index (χ0v) is 28.2. The fraction of sp³-hybridized carbons (Fsp3) is 0.833. The van der Waals surface area contributed by atoms with Gasteiger partial charge in [-0.15, -0.1) is 0 Å². The number of rotatable bonds is 8. The molecule has 4 N–H and O–H groups in total. The lowest BCUT2D eigenvalue weighted by Crippen LogP contribution is -2.65. The molecule has 0 aromatic rings. The average Bonchev–Trinajstić information content (AvgIpc) is 3.21. The van der Waals surface area contributed by atoms with Gasteiger partial charge in [0, 0.05) is 12.5 Å². The largest absolute Gasteiger partial charge is 0.478 e. The van der Waals surface area contributed by atoms with Gasteiger partial charge in [-0.25, -0.2) is 4.79 Å². The maximum absolute atomic E-state index is 12.8. The number of aliphatic hydroxyl groups is 3.